The zero-order valence-electron chi connectivity index (χ0n) is 17.8. The molecule has 0 radical (unpaired) electrons. The number of hydrogen-bond donors (Lipinski definition) is 1. The zero-order valence-corrected chi connectivity index (χ0v) is 18.6. The van der Waals surface area contributed by atoms with Gasteiger partial charge in [-0.05, 0) is 58.6 Å². The molecule has 2 aromatic heterocycles. The second kappa shape index (κ2) is 8.47. The van der Waals surface area contributed by atoms with Gasteiger partial charge >= 0.3 is 0 Å². The van der Waals surface area contributed by atoms with Crippen LogP contribution in [0.4, 0.5) is 17.2 Å². The Labute approximate surface area is 189 Å². The van der Waals surface area contributed by atoms with E-state index in [1.807, 2.05) is 46.0 Å². The van der Waals surface area contributed by atoms with Crippen molar-refractivity contribution in [1.82, 2.24) is 9.97 Å². The Balaban J connectivity index is 1.41. The number of methoxy groups -OCH3 is 2. The van der Waals surface area contributed by atoms with Gasteiger partial charge in [-0.3, -0.25) is 4.79 Å². The highest BCUT2D eigenvalue weighted by atomic mass is 32.1. The van der Waals surface area contributed by atoms with Crippen LogP contribution in [0, 0.1) is 0 Å². The van der Waals surface area contributed by atoms with Gasteiger partial charge in [-0.15, -0.1) is 0 Å². The van der Waals surface area contributed by atoms with Crippen molar-refractivity contribution in [3.05, 3.63) is 64.6 Å². The van der Waals surface area contributed by atoms with Crippen molar-refractivity contribution in [2.24, 2.45) is 0 Å². The first-order valence-electron chi connectivity index (χ1n) is 10.2. The number of rotatable bonds is 6. The average molecular weight is 447 g/mol. The molecule has 1 aliphatic rings. The number of carbonyl (C=O) groups is 1. The topological polar surface area (TPSA) is 76.6 Å². The molecule has 2 aromatic carbocycles. The van der Waals surface area contributed by atoms with Gasteiger partial charge in [0.1, 0.15) is 12.1 Å². The molecule has 32 heavy (non-hydrogen) atoms. The van der Waals surface area contributed by atoms with E-state index in [2.05, 4.69) is 21.4 Å². The van der Waals surface area contributed by atoms with E-state index in [-0.39, 0.29) is 5.91 Å². The van der Waals surface area contributed by atoms with Crippen molar-refractivity contribution < 1.29 is 14.3 Å². The molecule has 5 rings (SSSR count). The first-order valence-corrected chi connectivity index (χ1v) is 11.2. The smallest absolute Gasteiger partial charge is 0.231 e. The fourth-order valence-electron chi connectivity index (χ4n) is 4.02. The molecular weight excluding hydrogens is 424 g/mol. The van der Waals surface area contributed by atoms with Crippen molar-refractivity contribution in [2.45, 2.75) is 12.8 Å². The summed E-state index contributed by atoms with van der Waals surface area (Å²) in [5, 5.41) is 8.26. The van der Waals surface area contributed by atoms with E-state index in [1.54, 1.807) is 25.6 Å². The molecule has 1 amide bonds. The Kier molecular flexibility index (Phi) is 5.36. The minimum atomic E-state index is 0.130. The molecule has 4 aromatic rings. The standard InChI is InChI=1S/C24H22N4O3S/c1-30-21-11-18-19(12-22(21)31-2)25-14-26-24(18)27-17-3-4-20-16(10-17)5-7-28(20)23(29)9-15-6-8-32-13-15/h3-4,6,8,10-14H,5,7,9H2,1-2H3,(H,25,26,27). The molecule has 3 heterocycles. The number of benzene rings is 2. The summed E-state index contributed by atoms with van der Waals surface area (Å²) in [6.07, 6.45) is 2.78. The summed E-state index contributed by atoms with van der Waals surface area (Å²) in [4.78, 5) is 23.5. The highest BCUT2D eigenvalue weighted by Gasteiger charge is 2.25. The molecule has 0 saturated carbocycles. The molecule has 0 unspecified atom stereocenters. The molecule has 1 aliphatic heterocycles. The summed E-state index contributed by atoms with van der Waals surface area (Å²) in [5.41, 5.74) is 4.85. The van der Waals surface area contributed by atoms with Gasteiger partial charge in [-0.2, -0.15) is 11.3 Å². The van der Waals surface area contributed by atoms with Crippen LogP contribution in [0.5, 0.6) is 11.5 Å². The maximum atomic E-state index is 12.8. The van der Waals surface area contributed by atoms with Gasteiger partial charge in [0, 0.05) is 29.4 Å². The van der Waals surface area contributed by atoms with Crippen molar-refractivity contribution in [2.75, 3.05) is 31.0 Å². The third-order valence-electron chi connectivity index (χ3n) is 5.61. The van der Waals surface area contributed by atoms with Crippen LogP contribution in [0.25, 0.3) is 10.9 Å². The van der Waals surface area contributed by atoms with E-state index in [0.717, 1.165) is 39.8 Å². The lowest BCUT2D eigenvalue weighted by atomic mass is 10.1. The summed E-state index contributed by atoms with van der Waals surface area (Å²) in [5.74, 6) is 2.05. The number of nitrogens with one attached hydrogen (secondary N) is 1. The Hall–Kier alpha value is -3.65. The van der Waals surface area contributed by atoms with Gasteiger partial charge in [0.2, 0.25) is 5.91 Å². The van der Waals surface area contributed by atoms with Crippen molar-refractivity contribution in [1.29, 1.82) is 0 Å². The number of carbonyl (C=O) groups excluding carboxylic acids is 1. The molecule has 0 fully saturated rings. The predicted octanol–water partition coefficient (Wildman–Crippen LogP) is 4.58. The summed E-state index contributed by atoms with van der Waals surface area (Å²) >= 11 is 1.61. The molecule has 7 nitrogen and oxygen atoms in total. The molecule has 0 spiro atoms. The van der Waals surface area contributed by atoms with Crippen molar-refractivity contribution >= 4 is 45.3 Å². The van der Waals surface area contributed by atoms with Crippen LogP contribution in [-0.2, 0) is 17.6 Å². The number of amides is 1. The minimum absolute atomic E-state index is 0.130. The fourth-order valence-corrected chi connectivity index (χ4v) is 4.69. The Morgan fingerprint density at radius 3 is 2.75 bits per heavy atom. The van der Waals surface area contributed by atoms with Crippen LogP contribution in [0.2, 0.25) is 0 Å². The Bertz CT molecular complexity index is 1290. The van der Waals surface area contributed by atoms with Crippen LogP contribution in [0.3, 0.4) is 0 Å². The van der Waals surface area contributed by atoms with E-state index < -0.39 is 0 Å². The van der Waals surface area contributed by atoms with Crippen LogP contribution in [-0.4, -0.2) is 36.6 Å². The van der Waals surface area contributed by atoms with Gasteiger partial charge in [0.05, 0.1) is 26.2 Å². The second-order valence-electron chi connectivity index (χ2n) is 7.52. The van der Waals surface area contributed by atoms with Gasteiger partial charge in [-0.25, -0.2) is 9.97 Å². The first-order chi connectivity index (χ1) is 15.7. The third-order valence-corrected chi connectivity index (χ3v) is 6.35. The van der Waals surface area contributed by atoms with E-state index in [0.29, 0.717) is 30.3 Å². The van der Waals surface area contributed by atoms with Crippen LogP contribution in [0.15, 0.2) is 53.5 Å². The minimum Gasteiger partial charge on any atom is -0.493 e. The maximum absolute atomic E-state index is 12.8. The van der Waals surface area contributed by atoms with Crippen LogP contribution >= 0.6 is 11.3 Å². The number of hydrogen-bond acceptors (Lipinski definition) is 7. The predicted molar refractivity (Wildman–Crippen MR) is 126 cm³/mol. The Morgan fingerprint density at radius 2 is 1.97 bits per heavy atom. The molecule has 0 atom stereocenters. The van der Waals surface area contributed by atoms with Crippen molar-refractivity contribution in [3.63, 3.8) is 0 Å². The number of ether oxygens (including phenoxy) is 2. The fraction of sp³-hybridized carbons (Fsp3) is 0.208. The number of nitrogens with zero attached hydrogens (tertiary/aromatic N) is 3. The lowest BCUT2D eigenvalue weighted by molar-refractivity contribution is -0.117. The molecule has 0 aliphatic carbocycles. The van der Waals surface area contributed by atoms with Gasteiger partial charge in [-0.1, -0.05) is 0 Å². The molecule has 0 bridgehead atoms. The summed E-state index contributed by atoms with van der Waals surface area (Å²) in [7, 11) is 3.20. The molecular formula is C24H22N4O3S. The monoisotopic (exact) mass is 446 g/mol. The highest BCUT2D eigenvalue weighted by molar-refractivity contribution is 7.08. The molecule has 162 valence electrons. The summed E-state index contributed by atoms with van der Waals surface area (Å²) in [6, 6.07) is 11.8. The van der Waals surface area contributed by atoms with E-state index in [9.17, 15) is 4.79 Å². The number of aromatic nitrogens is 2. The number of thiophene rings is 1. The van der Waals surface area contributed by atoms with Gasteiger partial charge in [0.15, 0.2) is 11.5 Å². The summed E-state index contributed by atoms with van der Waals surface area (Å²) < 4.78 is 10.8. The molecule has 0 saturated heterocycles. The van der Waals surface area contributed by atoms with Crippen molar-refractivity contribution in [3.8, 4) is 11.5 Å². The highest BCUT2D eigenvalue weighted by Crippen LogP contribution is 2.36. The average Bonchev–Trinajstić information content (AvgIpc) is 3.48. The number of anilines is 3. The third kappa shape index (κ3) is 3.73. The van der Waals surface area contributed by atoms with Gasteiger partial charge < -0.3 is 19.7 Å². The second-order valence-corrected chi connectivity index (χ2v) is 8.30. The first kappa shape index (κ1) is 20.3. The SMILES string of the molecule is COc1cc2ncnc(Nc3ccc4c(c3)CCN4C(=O)Cc3ccsc3)c2cc1OC. The van der Waals surface area contributed by atoms with E-state index in [1.165, 1.54) is 6.33 Å². The maximum Gasteiger partial charge on any atom is 0.231 e. The van der Waals surface area contributed by atoms with E-state index >= 15 is 0 Å². The zero-order chi connectivity index (χ0) is 22.1. The quantitative estimate of drug-likeness (QED) is 0.467. The van der Waals surface area contributed by atoms with E-state index in [4.69, 9.17) is 9.47 Å². The lowest BCUT2D eigenvalue weighted by Gasteiger charge is -2.17. The lowest BCUT2D eigenvalue weighted by Crippen LogP contribution is -2.30. The molecule has 1 N–H and O–H groups in total. The normalized spacial score (nSPS) is 12.6. The van der Waals surface area contributed by atoms with Gasteiger partial charge in [0.25, 0.3) is 0 Å². The molecule has 8 heteroatoms. The van der Waals surface area contributed by atoms with Crippen LogP contribution < -0.4 is 19.7 Å². The largest absolute Gasteiger partial charge is 0.493 e. The summed E-state index contributed by atoms with van der Waals surface area (Å²) in [6.45, 7) is 0.704. The Morgan fingerprint density at radius 1 is 1.12 bits per heavy atom. The number of fused-ring (bicyclic) bond motifs is 2. The van der Waals surface area contributed by atoms with Crippen LogP contribution in [0.1, 0.15) is 11.1 Å².